The largest absolute Gasteiger partial charge is 0.497 e. The van der Waals surface area contributed by atoms with Crippen molar-refractivity contribution in [2.24, 2.45) is 0 Å². The Bertz CT molecular complexity index is 1100. The molecular weight excluding hydrogens is 362 g/mol. The number of hydrogen-bond acceptors (Lipinski definition) is 6. The smallest absolute Gasteiger partial charge is 0.277 e. The summed E-state index contributed by atoms with van der Waals surface area (Å²) in [7, 11) is 1.61. The van der Waals surface area contributed by atoms with Crippen LogP contribution in [-0.4, -0.2) is 33.8 Å². The normalized spacial score (nSPS) is 11.0. The zero-order valence-corrected chi connectivity index (χ0v) is 15.7. The number of aromatic nitrogens is 3. The van der Waals surface area contributed by atoms with Crippen LogP contribution < -0.4 is 4.74 Å². The molecule has 0 atom stereocenters. The van der Waals surface area contributed by atoms with Crippen LogP contribution in [-0.2, 0) is 0 Å². The van der Waals surface area contributed by atoms with Gasteiger partial charge in [0.25, 0.3) is 5.22 Å². The van der Waals surface area contributed by atoms with Gasteiger partial charge in [0.05, 0.1) is 12.9 Å². The van der Waals surface area contributed by atoms with Crippen molar-refractivity contribution in [3.8, 4) is 17.2 Å². The zero-order valence-electron chi connectivity index (χ0n) is 14.9. The summed E-state index contributed by atoms with van der Waals surface area (Å²) in [5.74, 6) is 1.43. The minimum absolute atomic E-state index is 0.0270. The number of Topliss-reactive ketones (excluding diaryl/α,β-unsaturated/α-hetero) is 1. The molecule has 0 unspecified atom stereocenters. The number of nitrogens with one attached hydrogen (secondary N) is 1. The molecule has 7 heteroatoms. The third-order valence-corrected chi connectivity index (χ3v) is 5.06. The maximum Gasteiger partial charge on any atom is 0.277 e. The highest BCUT2D eigenvalue weighted by atomic mass is 32.2. The Morgan fingerprint density at radius 2 is 1.93 bits per heavy atom. The lowest BCUT2D eigenvalue weighted by Crippen LogP contribution is -2.03. The molecule has 27 heavy (non-hydrogen) atoms. The molecule has 1 N–H and O–H groups in total. The second-order valence-corrected chi connectivity index (χ2v) is 6.91. The molecule has 2 heterocycles. The van der Waals surface area contributed by atoms with Crippen LogP contribution in [0.15, 0.2) is 58.2 Å². The molecule has 0 saturated carbocycles. The number of aromatic amines is 1. The molecule has 136 valence electrons. The number of aryl methyl sites for hydroxylation is 1. The summed E-state index contributed by atoms with van der Waals surface area (Å²) in [6.07, 6.45) is 0. The van der Waals surface area contributed by atoms with Crippen LogP contribution in [0.1, 0.15) is 16.1 Å². The van der Waals surface area contributed by atoms with Crippen molar-refractivity contribution in [1.82, 2.24) is 15.2 Å². The highest BCUT2D eigenvalue weighted by Crippen LogP contribution is 2.27. The first-order chi connectivity index (χ1) is 13.2. The van der Waals surface area contributed by atoms with Crippen molar-refractivity contribution in [3.63, 3.8) is 0 Å². The number of ether oxygens (including phenoxy) is 1. The van der Waals surface area contributed by atoms with Crippen molar-refractivity contribution < 1.29 is 13.9 Å². The van der Waals surface area contributed by atoms with Gasteiger partial charge in [-0.05, 0) is 37.3 Å². The molecule has 0 aliphatic rings. The predicted molar refractivity (Wildman–Crippen MR) is 104 cm³/mol. The topological polar surface area (TPSA) is 81.0 Å². The lowest BCUT2D eigenvalue weighted by molar-refractivity contribution is 0.102. The molecular formula is C20H17N3O3S. The van der Waals surface area contributed by atoms with Gasteiger partial charge in [0.15, 0.2) is 5.78 Å². The van der Waals surface area contributed by atoms with Crippen LogP contribution in [0.5, 0.6) is 5.75 Å². The molecule has 0 amide bonds. The number of methoxy groups -OCH3 is 1. The highest BCUT2D eigenvalue weighted by molar-refractivity contribution is 7.99. The summed E-state index contributed by atoms with van der Waals surface area (Å²) in [4.78, 5) is 16.0. The van der Waals surface area contributed by atoms with Gasteiger partial charge in [-0.1, -0.05) is 30.0 Å². The maximum absolute atomic E-state index is 12.7. The van der Waals surface area contributed by atoms with Gasteiger partial charge in [-0.2, -0.15) is 0 Å². The first-order valence-electron chi connectivity index (χ1n) is 8.37. The lowest BCUT2D eigenvalue weighted by atomic mass is 10.1. The molecule has 0 fully saturated rings. The van der Waals surface area contributed by atoms with Crippen molar-refractivity contribution in [3.05, 3.63) is 59.8 Å². The molecule has 0 spiro atoms. The number of H-pyrrole nitrogens is 1. The third kappa shape index (κ3) is 3.46. The number of para-hydroxylation sites is 1. The molecule has 6 nitrogen and oxygen atoms in total. The van der Waals surface area contributed by atoms with Gasteiger partial charge in [-0.25, -0.2) is 0 Å². The number of carbonyl (C=O) groups is 1. The molecule has 4 rings (SSSR count). The Kier molecular flexibility index (Phi) is 4.68. The molecule has 0 radical (unpaired) electrons. The average Bonchev–Trinajstić information content (AvgIpc) is 3.30. The second-order valence-electron chi connectivity index (χ2n) is 5.98. The van der Waals surface area contributed by atoms with Gasteiger partial charge in [0.2, 0.25) is 5.89 Å². The fourth-order valence-corrected chi connectivity index (χ4v) is 3.59. The molecule has 2 aromatic heterocycles. The maximum atomic E-state index is 12.7. The SMILES string of the molecule is COc1ccc(-c2nnc(SCC(=O)c3c(C)[nH]c4ccccc34)o2)cc1. The van der Waals surface area contributed by atoms with Crippen LogP contribution in [0.25, 0.3) is 22.4 Å². The van der Waals surface area contributed by atoms with E-state index in [0.717, 1.165) is 27.9 Å². The minimum atomic E-state index is 0.0270. The summed E-state index contributed by atoms with van der Waals surface area (Å²) in [6.45, 7) is 1.91. The van der Waals surface area contributed by atoms with Crippen LogP contribution in [0.4, 0.5) is 0 Å². The van der Waals surface area contributed by atoms with Gasteiger partial charge in [-0.3, -0.25) is 4.79 Å². The highest BCUT2D eigenvalue weighted by Gasteiger charge is 2.17. The van der Waals surface area contributed by atoms with Crippen LogP contribution >= 0.6 is 11.8 Å². The van der Waals surface area contributed by atoms with Crippen LogP contribution in [0.3, 0.4) is 0 Å². The van der Waals surface area contributed by atoms with Gasteiger partial charge in [0.1, 0.15) is 5.75 Å². The number of thioether (sulfide) groups is 1. The minimum Gasteiger partial charge on any atom is -0.497 e. The Balaban J connectivity index is 1.48. The summed E-state index contributed by atoms with van der Waals surface area (Å²) in [5, 5.41) is 9.39. The summed E-state index contributed by atoms with van der Waals surface area (Å²) in [5.41, 5.74) is 3.34. The number of carbonyl (C=O) groups excluding carboxylic acids is 1. The molecule has 0 aliphatic heterocycles. The average molecular weight is 379 g/mol. The van der Waals surface area contributed by atoms with E-state index in [4.69, 9.17) is 9.15 Å². The van der Waals surface area contributed by atoms with Gasteiger partial charge in [0, 0.05) is 27.7 Å². The van der Waals surface area contributed by atoms with Gasteiger partial charge >= 0.3 is 0 Å². The lowest BCUT2D eigenvalue weighted by Gasteiger charge is -2.00. The van der Waals surface area contributed by atoms with Crippen molar-refractivity contribution >= 4 is 28.4 Å². The fraction of sp³-hybridized carbons (Fsp3) is 0.150. The van der Waals surface area contributed by atoms with E-state index in [1.807, 2.05) is 55.5 Å². The van der Waals surface area contributed by atoms with Crippen molar-refractivity contribution in [2.75, 3.05) is 12.9 Å². The summed E-state index contributed by atoms with van der Waals surface area (Å²) in [6, 6.07) is 15.1. The molecule has 2 aromatic carbocycles. The number of benzene rings is 2. The van der Waals surface area contributed by atoms with E-state index in [9.17, 15) is 4.79 Å². The first kappa shape index (κ1) is 17.4. The Morgan fingerprint density at radius 1 is 1.15 bits per heavy atom. The zero-order chi connectivity index (χ0) is 18.8. The quantitative estimate of drug-likeness (QED) is 0.392. The molecule has 0 bridgehead atoms. The van der Waals surface area contributed by atoms with Gasteiger partial charge < -0.3 is 14.1 Å². The first-order valence-corrected chi connectivity index (χ1v) is 9.35. The van der Waals surface area contributed by atoms with E-state index in [2.05, 4.69) is 15.2 Å². The number of fused-ring (bicyclic) bond motifs is 1. The summed E-state index contributed by atoms with van der Waals surface area (Å²) < 4.78 is 10.8. The Morgan fingerprint density at radius 3 is 2.70 bits per heavy atom. The van der Waals surface area contributed by atoms with E-state index in [-0.39, 0.29) is 11.5 Å². The van der Waals surface area contributed by atoms with Crippen molar-refractivity contribution in [2.45, 2.75) is 12.1 Å². The Labute approximate surface area is 159 Å². The molecule has 0 saturated heterocycles. The van der Waals surface area contributed by atoms with E-state index in [0.29, 0.717) is 16.7 Å². The Hall–Kier alpha value is -3.06. The van der Waals surface area contributed by atoms with E-state index in [1.54, 1.807) is 7.11 Å². The fourth-order valence-electron chi connectivity index (χ4n) is 2.95. The standard InChI is InChI=1S/C20H17N3O3S/c1-12-18(15-5-3-4-6-16(15)21-12)17(24)11-27-20-23-22-19(26-20)13-7-9-14(25-2)10-8-13/h3-10,21H,11H2,1-2H3. The van der Waals surface area contributed by atoms with E-state index in [1.165, 1.54) is 11.8 Å². The van der Waals surface area contributed by atoms with Gasteiger partial charge in [-0.15, -0.1) is 10.2 Å². The second kappa shape index (κ2) is 7.28. The number of ketones is 1. The van der Waals surface area contributed by atoms with Crippen LogP contribution in [0.2, 0.25) is 0 Å². The van der Waals surface area contributed by atoms with E-state index >= 15 is 0 Å². The van der Waals surface area contributed by atoms with Crippen LogP contribution in [0, 0.1) is 6.92 Å². The molecule has 0 aliphatic carbocycles. The monoisotopic (exact) mass is 379 g/mol. The molecule has 4 aromatic rings. The summed E-state index contributed by atoms with van der Waals surface area (Å²) >= 11 is 1.24. The third-order valence-electron chi connectivity index (χ3n) is 4.24. The van der Waals surface area contributed by atoms with E-state index < -0.39 is 0 Å². The predicted octanol–water partition coefficient (Wildman–Crippen LogP) is 4.51. The number of rotatable bonds is 6. The number of nitrogens with zero attached hydrogens (tertiary/aromatic N) is 2. The number of hydrogen-bond donors (Lipinski definition) is 1. The van der Waals surface area contributed by atoms with Crippen molar-refractivity contribution in [1.29, 1.82) is 0 Å².